The Labute approximate surface area is 122 Å². The normalized spacial score (nSPS) is 11.5. The van der Waals surface area contributed by atoms with Crippen LogP contribution in [0.4, 0.5) is 0 Å². The average molecular weight is 275 g/mol. The summed E-state index contributed by atoms with van der Waals surface area (Å²) in [5.41, 5.74) is 1.74. The van der Waals surface area contributed by atoms with E-state index in [4.69, 9.17) is 0 Å². The van der Waals surface area contributed by atoms with Crippen molar-refractivity contribution in [3.8, 4) is 0 Å². The Morgan fingerprint density at radius 2 is 1.81 bits per heavy atom. The van der Waals surface area contributed by atoms with Crippen LogP contribution in [0.5, 0.6) is 0 Å². The minimum absolute atomic E-state index is 0.264. The number of nitrogens with zero attached hydrogens (tertiary/aromatic N) is 1. The molecule has 3 nitrogen and oxygen atoms in total. The van der Waals surface area contributed by atoms with Crippen LogP contribution in [-0.2, 0) is 4.79 Å². The highest BCUT2D eigenvalue weighted by Crippen LogP contribution is 2.26. The van der Waals surface area contributed by atoms with Gasteiger partial charge in [0, 0.05) is 12.4 Å². The molecule has 0 spiro atoms. The van der Waals surface area contributed by atoms with Crippen molar-refractivity contribution < 1.29 is 9.90 Å². The zero-order valence-electron chi connectivity index (χ0n) is 11.2. The predicted octanol–water partition coefficient (Wildman–Crippen LogP) is 3.86. The van der Waals surface area contributed by atoms with Crippen molar-refractivity contribution in [3.05, 3.63) is 78.1 Å². The van der Waals surface area contributed by atoms with Gasteiger partial charge in [-0.05, 0) is 34.0 Å². The fourth-order valence-electron chi connectivity index (χ4n) is 2.34. The van der Waals surface area contributed by atoms with Crippen molar-refractivity contribution in [2.24, 2.45) is 0 Å². The number of carboxylic acids is 1. The van der Waals surface area contributed by atoms with Crippen LogP contribution in [0.1, 0.15) is 11.1 Å². The van der Waals surface area contributed by atoms with E-state index in [0.29, 0.717) is 5.56 Å². The fraction of sp³-hybridized carbons (Fsp3) is 0. The van der Waals surface area contributed by atoms with Gasteiger partial charge in [0.1, 0.15) is 0 Å². The zero-order chi connectivity index (χ0) is 14.7. The van der Waals surface area contributed by atoms with Crippen LogP contribution in [-0.4, -0.2) is 16.1 Å². The molecule has 3 aromatic rings. The molecule has 0 saturated carbocycles. The average Bonchev–Trinajstić information content (AvgIpc) is 2.53. The lowest BCUT2D eigenvalue weighted by molar-refractivity contribution is -0.130. The number of pyridine rings is 1. The third-order valence-electron chi connectivity index (χ3n) is 3.31. The van der Waals surface area contributed by atoms with Gasteiger partial charge >= 0.3 is 5.97 Å². The first-order valence-corrected chi connectivity index (χ1v) is 6.59. The van der Waals surface area contributed by atoms with Crippen LogP contribution in [0, 0.1) is 0 Å². The fourth-order valence-corrected chi connectivity index (χ4v) is 2.34. The summed E-state index contributed by atoms with van der Waals surface area (Å²) in [4.78, 5) is 15.7. The molecule has 0 amide bonds. The molecular formula is C18H13NO2. The lowest BCUT2D eigenvalue weighted by atomic mass is 9.97. The molecule has 3 rings (SSSR count). The highest BCUT2D eigenvalue weighted by atomic mass is 16.4. The molecular weight excluding hydrogens is 262 g/mol. The van der Waals surface area contributed by atoms with Gasteiger partial charge in [0.25, 0.3) is 0 Å². The van der Waals surface area contributed by atoms with Crippen LogP contribution < -0.4 is 0 Å². The summed E-state index contributed by atoms with van der Waals surface area (Å²) in [7, 11) is 0. The van der Waals surface area contributed by atoms with Crippen molar-refractivity contribution in [3.63, 3.8) is 0 Å². The molecule has 1 N–H and O–H groups in total. The Morgan fingerprint density at radius 1 is 1.00 bits per heavy atom. The second kappa shape index (κ2) is 5.59. The van der Waals surface area contributed by atoms with Crippen LogP contribution >= 0.6 is 0 Å². The van der Waals surface area contributed by atoms with Gasteiger partial charge in [-0.2, -0.15) is 0 Å². The van der Waals surface area contributed by atoms with Crippen molar-refractivity contribution >= 4 is 28.4 Å². The molecule has 0 unspecified atom stereocenters. The van der Waals surface area contributed by atoms with Gasteiger partial charge in [-0.1, -0.05) is 48.5 Å². The lowest BCUT2D eigenvalue weighted by Crippen LogP contribution is -2.00. The Morgan fingerprint density at radius 3 is 2.57 bits per heavy atom. The van der Waals surface area contributed by atoms with E-state index < -0.39 is 5.97 Å². The lowest BCUT2D eigenvalue weighted by Gasteiger charge is -2.07. The van der Waals surface area contributed by atoms with Crippen LogP contribution in [0.2, 0.25) is 0 Å². The molecule has 0 saturated heterocycles. The Bertz CT molecular complexity index is 818. The van der Waals surface area contributed by atoms with E-state index in [1.165, 1.54) is 0 Å². The molecule has 21 heavy (non-hydrogen) atoms. The molecule has 0 aliphatic carbocycles. The second-order valence-corrected chi connectivity index (χ2v) is 4.68. The number of aromatic nitrogens is 1. The summed E-state index contributed by atoms with van der Waals surface area (Å²) < 4.78 is 0. The molecule has 2 aromatic carbocycles. The third kappa shape index (κ3) is 2.67. The second-order valence-electron chi connectivity index (χ2n) is 4.68. The Hall–Kier alpha value is -2.94. The van der Waals surface area contributed by atoms with Crippen LogP contribution in [0.15, 0.2) is 67.0 Å². The molecule has 0 fully saturated rings. The Kier molecular flexibility index (Phi) is 3.48. The van der Waals surface area contributed by atoms with Gasteiger partial charge in [0.15, 0.2) is 0 Å². The number of rotatable bonds is 3. The number of carboxylic acid groups (broad SMARTS) is 1. The first-order valence-electron chi connectivity index (χ1n) is 6.59. The Balaban J connectivity index is 2.22. The van der Waals surface area contributed by atoms with Crippen molar-refractivity contribution in [1.29, 1.82) is 0 Å². The SMILES string of the molecule is O=C(O)/C(=C\c1cccnc1)c1cccc2ccccc12. The molecule has 0 radical (unpaired) electrons. The number of hydrogen-bond donors (Lipinski definition) is 1. The van der Waals surface area contributed by atoms with E-state index in [0.717, 1.165) is 16.3 Å². The number of hydrogen-bond acceptors (Lipinski definition) is 2. The molecule has 0 atom stereocenters. The molecule has 0 bridgehead atoms. The molecule has 3 heteroatoms. The smallest absolute Gasteiger partial charge is 0.336 e. The minimum Gasteiger partial charge on any atom is -0.478 e. The van der Waals surface area contributed by atoms with Gasteiger partial charge < -0.3 is 5.11 Å². The quantitative estimate of drug-likeness (QED) is 0.738. The minimum atomic E-state index is -0.949. The van der Waals surface area contributed by atoms with E-state index >= 15 is 0 Å². The highest BCUT2D eigenvalue weighted by molar-refractivity contribution is 6.23. The summed E-state index contributed by atoms with van der Waals surface area (Å²) in [5.74, 6) is -0.949. The van der Waals surface area contributed by atoms with E-state index in [-0.39, 0.29) is 5.57 Å². The molecule has 102 valence electrons. The standard InChI is InChI=1S/C18H13NO2/c20-18(21)17(11-13-5-4-10-19-12-13)16-9-3-7-14-6-1-2-8-15(14)16/h1-12H,(H,20,21)/b17-11-. The van der Waals surface area contributed by atoms with E-state index in [1.807, 2.05) is 48.5 Å². The van der Waals surface area contributed by atoms with Crippen molar-refractivity contribution in [2.75, 3.05) is 0 Å². The maximum Gasteiger partial charge on any atom is 0.336 e. The largest absolute Gasteiger partial charge is 0.478 e. The summed E-state index contributed by atoms with van der Waals surface area (Å²) in [6, 6.07) is 17.1. The number of benzene rings is 2. The number of carbonyl (C=O) groups is 1. The summed E-state index contributed by atoms with van der Waals surface area (Å²) in [6.45, 7) is 0. The van der Waals surface area contributed by atoms with Crippen molar-refractivity contribution in [1.82, 2.24) is 4.98 Å². The van der Waals surface area contributed by atoms with Crippen LogP contribution in [0.25, 0.3) is 22.4 Å². The van der Waals surface area contributed by atoms with Gasteiger partial charge in [-0.25, -0.2) is 4.79 Å². The van der Waals surface area contributed by atoms with Gasteiger partial charge in [0.2, 0.25) is 0 Å². The monoisotopic (exact) mass is 275 g/mol. The molecule has 0 aliphatic heterocycles. The topological polar surface area (TPSA) is 50.2 Å². The van der Waals surface area contributed by atoms with Gasteiger partial charge in [0.05, 0.1) is 5.57 Å². The first-order chi connectivity index (χ1) is 10.3. The summed E-state index contributed by atoms with van der Waals surface area (Å²) in [6.07, 6.45) is 4.96. The van der Waals surface area contributed by atoms with Gasteiger partial charge in [-0.3, -0.25) is 4.98 Å². The van der Waals surface area contributed by atoms with Gasteiger partial charge in [-0.15, -0.1) is 0 Å². The van der Waals surface area contributed by atoms with E-state index in [9.17, 15) is 9.90 Å². The number of aliphatic carboxylic acids is 1. The van der Waals surface area contributed by atoms with Crippen LogP contribution in [0.3, 0.4) is 0 Å². The van der Waals surface area contributed by atoms with Crippen molar-refractivity contribution in [2.45, 2.75) is 0 Å². The van der Waals surface area contributed by atoms with E-state index in [2.05, 4.69) is 4.98 Å². The maximum absolute atomic E-state index is 11.7. The highest BCUT2D eigenvalue weighted by Gasteiger charge is 2.13. The predicted molar refractivity (Wildman–Crippen MR) is 83.7 cm³/mol. The number of fused-ring (bicyclic) bond motifs is 1. The van der Waals surface area contributed by atoms with E-state index in [1.54, 1.807) is 24.5 Å². The maximum atomic E-state index is 11.7. The zero-order valence-corrected chi connectivity index (χ0v) is 11.2. The molecule has 1 heterocycles. The summed E-state index contributed by atoms with van der Waals surface area (Å²) in [5, 5.41) is 11.5. The molecule has 0 aliphatic rings. The third-order valence-corrected chi connectivity index (χ3v) is 3.31. The first kappa shape index (κ1) is 13.1. The molecule has 1 aromatic heterocycles. The summed E-state index contributed by atoms with van der Waals surface area (Å²) >= 11 is 0.